The van der Waals surface area contributed by atoms with E-state index in [1.54, 1.807) is 24.3 Å². The number of nitrogens with zero attached hydrogens (tertiary/aromatic N) is 2. The van der Waals surface area contributed by atoms with Gasteiger partial charge < -0.3 is 16.6 Å². The number of carbonyl (C=O) groups excluding carboxylic acids is 3. The number of nitrogen functional groups attached to an aromatic ring is 1. The number of nitrogens with two attached hydrogens (primary N) is 2. The second kappa shape index (κ2) is 9.67. The number of aliphatic carboxylic acids is 1. The fraction of sp³-hybridized carbons (Fsp3) is 0.320. The molecule has 10 nitrogen and oxygen atoms in total. The van der Waals surface area contributed by atoms with E-state index in [9.17, 15) is 24.3 Å². The smallest absolute Gasteiger partial charge is 0.321 e. The van der Waals surface area contributed by atoms with E-state index in [2.05, 4.69) is 0 Å². The lowest BCUT2D eigenvalue weighted by Crippen LogP contribution is -2.46. The molecule has 0 spiro atoms. The van der Waals surface area contributed by atoms with Crippen LogP contribution in [0.4, 0.5) is 0 Å². The van der Waals surface area contributed by atoms with Crippen molar-refractivity contribution in [3.8, 4) is 0 Å². The number of rotatable bonds is 9. The van der Waals surface area contributed by atoms with Gasteiger partial charge in [0.1, 0.15) is 11.9 Å². The van der Waals surface area contributed by atoms with Crippen molar-refractivity contribution >= 4 is 29.5 Å². The van der Waals surface area contributed by atoms with E-state index in [1.165, 1.54) is 9.80 Å². The lowest BCUT2D eigenvalue weighted by molar-refractivity contribution is -0.150. The fourth-order valence-electron chi connectivity index (χ4n) is 5.20. The van der Waals surface area contributed by atoms with Crippen LogP contribution in [0.25, 0.3) is 0 Å². The standard InChI is InChI=1S/C25H27N5O5/c26-17(31)11-13-29-20(15-6-8-16(9-7-15)22(27)28)18-19(21(29)25(34)35)24(33)30(23(18)32)12-10-14-4-2-1-3-5-14/h1-9,18-21H,10-13H2,(H2,26,31)(H3,27,28)(H,34,35). The molecule has 2 aromatic carbocycles. The molecule has 0 saturated carbocycles. The average Bonchev–Trinajstić information content (AvgIpc) is 3.29. The van der Waals surface area contributed by atoms with Crippen LogP contribution in [-0.2, 0) is 25.6 Å². The third kappa shape index (κ3) is 4.52. The molecular weight excluding hydrogens is 450 g/mol. The highest BCUT2D eigenvalue weighted by atomic mass is 16.4. The molecular formula is C25H27N5O5. The number of hydrogen-bond acceptors (Lipinski definition) is 6. The van der Waals surface area contributed by atoms with E-state index in [1.807, 2.05) is 30.3 Å². The maximum absolute atomic E-state index is 13.6. The number of hydrogen-bond donors (Lipinski definition) is 4. The van der Waals surface area contributed by atoms with E-state index in [0.29, 0.717) is 17.5 Å². The van der Waals surface area contributed by atoms with Crippen LogP contribution in [0, 0.1) is 17.2 Å². The van der Waals surface area contributed by atoms with E-state index < -0.39 is 47.6 Å². The van der Waals surface area contributed by atoms with Crippen LogP contribution >= 0.6 is 0 Å². The van der Waals surface area contributed by atoms with Gasteiger partial charge >= 0.3 is 5.97 Å². The fourth-order valence-corrected chi connectivity index (χ4v) is 5.20. The summed E-state index contributed by atoms with van der Waals surface area (Å²) in [5.41, 5.74) is 12.9. The van der Waals surface area contributed by atoms with Crippen LogP contribution in [0.5, 0.6) is 0 Å². The van der Waals surface area contributed by atoms with Crippen molar-refractivity contribution in [1.82, 2.24) is 9.80 Å². The molecule has 2 saturated heterocycles. The van der Waals surface area contributed by atoms with Gasteiger partial charge in [-0.15, -0.1) is 0 Å². The van der Waals surface area contributed by atoms with Crippen molar-refractivity contribution in [3.63, 3.8) is 0 Å². The Bertz CT molecular complexity index is 1170. The highest BCUT2D eigenvalue weighted by molar-refractivity contribution is 6.08. The van der Waals surface area contributed by atoms with Crippen LogP contribution < -0.4 is 11.5 Å². The van der Waals surface area contributed by atoms with Crippen LogP contribution in [0.2, 0.25) is 0 Å². The number of nitrogens with one attached hydrogen (secondary N) is 1. The Morgan fingerprint density at radius 1 is 0.914 bits per heavy atom. The number of carbonyl (C=O) groups is 4. The molecule has 4 unspecified atom stereocenters. The molecule has 2 aromatic rings. The summed E-state index contributed by atoms with van der Waals surface area (Å²) in [5.74, 6) is -4.93. The van der Waals surface area contributed by atoms with Gasteiger partial charge in [-0.1, -0.05) is 54.6 Å². The second-order valence-corrected chi connectivity index (χ2v) is 8.83. The number of likely N-dealkylation sites (tertiary alicyclic amines) is 2. The minimum atomic E-state index is -1.28. The van der Waals surface area contributed by atoms with Gasteiger partial charge in [0.05, 0.1) is 11.8 Å². The third-order valence-electron chi connectivity index (χ3n) is 6.78. The zero-order valence-corrected chi connectivity index (χ0v) is 19.0. The first-order valence-electron chi connectivity index (χ1n) is 11.3. The molecule has 6 N–H and O–H groups in total. The van der Waals surface area contributed by atoms with Crippen LogP contribution in [0.3, 0.4) is 0 Å². The molecule has 2 aliphatic heterocycles. The van der Waals surface area contributed by atoms with E-state index in [4.69, 9.17) is 16.9 Å². The van der Waals surface area contributed by atoms with Gasteiger partial charge in [-0.25, -0.2) is 0 Å². The quantitative estimate of drug-likeness (QED) is 0.231. The minimum absolute atomic E-state index is 0.0109. The van der Waals surface area contributed by atoms with Gasteiger partial charge in [0.25, 0.3) is 0 Å². The van der Waals surface area contributed by atoms with E-state index >= 15 is 0 Å². The number of amides is 3. The van der Waals surface area contributed by atoms with Crippen LogP contribution in [0.1, 0.15) is 29.2 Å². The molecule has 2 heterocycles. The summed E-state index contributed by atoms with van der Waals surface area (Å²) in [5, 5.41) is 17.7. The predicted octanol–water partition coefficient (Wildman–Crippen LogP) is 0.500. The molecule has 0 aliphatic carbocycles. The van der Waals surface area contributed by atoms with Gasteiger partial charge in [0.15, 0.2) is 0 Å². The number of carboxylic acids is 1. The number of benzene rings is 2. The predicted molar refractivity (Wildman–Crippen MR) is 126 cm³/mol. The largest absolute Gasteiger partial charge is 0.480 e. The number of imide groups is 1. The van der Waals surface area contributed by atoms with Gasteiger partial charge in [-0.2, -0.15) is 0 Å². The highest BCUT2D eigenvalue weighted by Crippen LogP contribution is 2.50. The molecule has 10 heteroatoms. The summed E-state index contributed by atoms with van der Waals surface area (Å²) >= 11 is 0. The van der Waals surface area contributed by atoms with Crippen molar-refractivity contribution in [3.05, 3.63) is 71.3 Å². The summed E-state index contributed by atoms with van der Waals surface area (Å²) < 4.78 is 0. The Hall–Kier alpha value is -4.05. The number of carboxylic acid groups (broad SMARTS) is 1. The first-order chi connectivity index (χ1) is 16.7. The Kier molecular flexibility index (Phi) is 6.65. The summed E-state index contributed by atoms with van der Waals surface area (Å²) in [4.78, 5) is 53.6. The van der Waals surface area contributed by atoms with E-state index in [-0.39, 0.29) is 25.3 Å². The molecule has 0 aromatic heterocycles. The summed E-state index contributed by atoms with van der Waals surface area (Å²) in [6.07, 6.45) is 0.338. The average molecular weight is 478 g/mol. The third-order valence-corrected chi connectivity index (χ3v) is 6.78. The van der Waals surface area contributed by atoms with Crippen molar-refractivity contribution < 1.29 is 24.3 Å². The Morgan fingerprint density at radius 2 is 1.54 bits per heavy atom. The van der Waals surface area contributed by atoms with Gasteiger partial charge in [0.2, 0.25) is 17.7 Å². The van der Waals surface area contributed by atoms with E-state index in [0.717, 1.165) is 5.56 Å². The second-order valence-electron chi connectivity index (χ2n) is 8.83. The normalized spacial score (nSPS) is 23.9. The topological polar surface area (TPSA) is 171 Å². The monoisotopic (exact) mass is 477 g/mol. The van der Waals surface area contributed by atoms with Gasteiger partial charge in [-0.3, -0.25) is 34.4 Å². The molecule has 2 fully saturated rings. The van der Waals surface area contributed by atoms with Crippen LogP contribution in [-0.4, -0.2) is 63.6 Å². The molecule has 182 valence electrons. The summed E-state index contributed by atoms with van der Waals surface area (Å²) in [6.45, 7) is 0.140. The SMILES string of the molecule is N=C(N)c1ccc(C2C3C(=O)N(CCc4ccccc4)C(=O)C3C(C(=O)O)N2CCC(N)=O)cc1. The zero-order valence-electron chi connectivity index (χ0n) is 19.0. The highest BCUT2D eigenvalue weighted by Gasteiger charge is 2.64. The molecule has 0 radical (unpaired) electrons. The minimum Gasteiger partial charge on any atom is -0.480 e. The maximum Gasteiger partial charge on any atom is 0.321 e. The Balaban J connectivity index is 1.71. The zero-order chi connectivity index (χ0) is 25.3. The molecule has 4 atom stereocenters. The number of primary amides is 1. The molecule has 4 rings (SSSR count). The van der Waals surface area contributed by atoms with Crippen LogP contribution in [0.15, 0.2) is 54.6 Å². The Labute approximate surface area is 202 Å². The first-order valence-corrected chi connectivity index (χ1v) is 11.3. The summed E-state index contributed by atoms with van der Waals surface area (Å²) in [6, 6.07) is 13.9. The maximum atomic E-state index is 13.6. The molecule has 0 bridgehead atoms. The Morgan fingerprint density at radius 3 is 2.11 bits per heavy atom. The first kappa shape index (κ1) is 24.1. The molecule has 3 amide bonds. The lowest BCUT2D eigenvalue weighted by atomic mass is 9.86. The van der Waals surface area contributed by atoms with Gasteiger partial charge in [-0.05, 0) is 17.5 Å². The molecule has 2 aliphatic rings. The summed E-state index contributed by atoms with van der Waals surface area (Å²) in [7, 11) is 0. The van der Waals surface area contributed by atoms with Gasteiger partial charge in [0, 0.05) is 31.1 Å². The number of fused-ring (bicyclic) bond motifs is 1. The van der Waals surface area contributed by atoms with Crippen molar-refractivity contribution in [2.45, 2.75) is 24.9 Å². The van der Waals surface area contributed by atoms with Crippen molar-refractivity contribution in [2.75, 3.05) is 13.1 Å². The number of amidine groups is 1. The van der Waals surface area contributed by atoms with Crippen molar-refractivity contribution in [1.29, 1.82) is 5.41 Å². The lowest BCUT2D eigenvalue weighted by Gasteiger charge is -2.31. The molecule has 35 heavy (non-hydrogen) atoms. The van der Waals surface area contributed by atoms with Crippen molar-refractivity contribution in [2.24, 2.45) is 23.3 Å².